The largest absolute Gasteiger partial charge is 0.453 e. The lowest BCUT2D eigenvalue weighted by Gasteiger charge is -1.93. The first kappa shape index (κ1) is 11.5. The summed E-state index contributed by atoms with van der Waals surface area (Å²) in [5, 5.41) is 8.14. The van der Waals surface area contributed by atoms with E-state index in [0.717, 1.165) is 0 Å². The third-order valence-corrected chi connectivity index (χ3v) is 1.01. The van der Waals surface area contributed by atoms with Crippen LogP contribution in [0.15, 0.2) is 0 Å². The van der Waals surface area contributed by atoms with E-state index in [1.54, 1.807) is 0 Å². The fraction of sp³-hybridized carbons (Fsp3) is 0.556. The number of hydrogen-bond acceptors (Lipinski definition) is 4. The van der Waals surface area contributed by atoms with Crippen molar-refractivity contribution in [2.75, 3.05) is 19.8 Å². The van der Waals surface area contributed by atoms with Gasteiger partial charge in [-0.05, 0) is 0 Å². The number of hydrogen-bond donors (Lipinski definition) is 0. The van der Waals surface area contributed by atoms with Gasteiger partial charge in [0.25, 0.3) is 0 Å². The summed E-state index contributed by atoms with van der Waals surface area (Å²) in [5.74, 6) is 4.89. The number of carbonyl (C=O) groups excluding carboxylic acids is 1. The van der Waals surface area contributed by atoms with Crippen molar-refractivity contribution in [2.24, 2.45) is 0 Å². The van der Waals surface area contributed by atoms with E-state index in [0.29, 0.717) is 13.0 Å². The summed E-state index contributed by atoms with van der Waals surface area (Å²) in [6.07, 6.45) is 0.367. The molecule has 13 heavy (non-hydrogen) atoms. The molecule has 4 heteroatoms. The molecule has 0 atom stereocenters. The van der Waals surface area contributed by atoms with Gasteiger partial charge in [-0.1, -0.05) is 11.8 Å². The van der Waals surface area contributed by atoms with Crippen LogP contribution in [0.3, 0.4) is 0 Å². The minimum atomic E-state index is -0.348. The number of ether oxygens (including phenoxy) is 2. The molecule has 0 N–H and O–H groups in total. The first-order valence-corrected chi connectivity index (χ1v) is 3.81. The van der Waals surface area contributed by atoms with Crippen molar-refractivity contribution in [1.82, 2.24) is 0 Å². The zero-order chi connectivity index (χ0) is 9.94. The molecule has 0 aromatic rings. The highest BCUT2D eigenvalue weighted by atomic mass is 16.5. The van der Waals surface area contributed by atoms with Crippen molar-refractivity contribution in [3.8, 4) is 17.9 Å². The van der Waals surface area contributed by atoms with Gasteiger partial charge in [0.15, 0.2) is 6.61 Å². The molecule has 0 saturated carbocycles. The summed E-state index contributed by atoms with van der Waals surface area (Å²) < 4.78 is 9.49. The van der Waals surface area contributed by atoms with Gasteiger partial charge in [0.2, 0.25) is 0 Å². The Morgan fingerprint density at radius 2 is 2.08 bits per heavy atom. The van der Waals surface area contributed by atoms with Crippen LogP contribution in [0.4, 0.5) is 0 Å². The highest BCUT2D eigenvalue weighted by molar-refractivity contribution is 5.66. The Morgan fingerprint density at radius 1 is 1.38 bits per heavy atom. The molecule has 0 radical (unpaired) electrons. The van der Waals surface area contributed by atoms with Crippen LogP contribution in [-0.2, 0) is 14.3 Å². The van der Waals surface area contributed by atoms with Crippen molar-refractivity contribution >= 4 is 5.97 Å². The monoisotopic (exact) mass is 181 g/mol. The molecule has 0 rings (SSSR count). The third kappa shape index (κ3) is 10.5. The topological polar surface area (TPSA) is 59.3 Å². The van der Waals surface area contributed by atoms with Crippen molar-refractivity contribution in [3.63, 3.8) is 0 Å². The van der Waals surface area contributed by atoms with Gasteiger partial charge >= 0.3 is 5.97 Å². The molecule has 0 aliphatic rings. The fourth-order valence-electron chi connectivity index (χ4n) is 0.481. The number of rotatable bonds is 4. The standard InChI is InChI=1S/C9H11NO3/c1-9(11)13-8-3-2-6-12-7-4-5-10/h4,6-8H2,1H3. The molecule has 4 nitrogen and oxygen atoms in total. The second-order valence-electron chi connectivity index (χ2n) is 2.09. The molecule has 0 bridgehead atoms. The molecule has 0 spiro atoms. The van der Waals surface area contributed by atoms with Gasteiger partial charge in [-0.2, -0.15) is 5.26 Å². The second kappa shape index (κ2) is 8.58. The Morgan fingerprint density at radius 3 is 2.69 bits per heavy atom. The molecule has 0 unspecified atom stereocenters. The predicted octanol–water partition coefficient (Wildman–Crippen LogP) is 0.483. The first-order valence-electron chi connectivity index (χ1n) is 3.81. The third-order valence-electron chi connectivity index (χ3n) is 1.01. The van der Waals surface area contributed by atoms with Crippen molar-refractivity contribution in [3.05, 3.63) is 0 Å². The molecule has 0 aliphatic heterocycles. The molecular formula is C9H11NO3. The minimum Gasteiger partial charge on any atom is -0.453 e. The van der Waals surface area contributed by atoms with E-state index in [2.05, 4.69) is 16.6 Å². The normalized spacial score (nSPS) is 8.00. The van der Waals surface area contributed by atoms with Gasteiger partial charge in [0.1, 0.15) is 6.61 Å². The zero-order valence-electron chi connectivity index (χ0n) is 7.50. The maximum atomic E-state index is 10.3. The van der Waals surface area contributed by atoms with E-state index < -0.39 is 0 Å². The number of carbonyl (C=O) groups is 1. The maximum Gasteiger partial charge on any atom is 0.303 e. The van der Waals surface area contributed by atoms with Gasteiger partial charge < -0.3 is 9.47 Å². The average Bonchev–Trinajstić information content (AvgIpc) is 2.09. The maximum absolute atomic E-state index is 10.3. The minimum absolute atomic E-state index is 0.0942. The summed E-state index contributed by atoms with van der Waals surface area (Å²) in [6.45, 7) is 2.07. The van der Waals surface area contributed by atoms with E-state index in [1.165, 1.54) is 6.92 Å². The Bertz CT molecular complexity index is 244. The van der Waals surface area contributed by atoms with Crippen molar-refractivity contribution < 1.29 is 14.3 Å². The molecular weight excluding hydrogens is 170 g/mol. The van der Waals surface area contributed by atoms with Crippen LogP contribution in [0, 0.1) is 23.2 Å². The van der Waals surface area contributed by atoms with Gasteiger partial charge in [-0.25, -0.2) is 0 Å². The number of nitrogens with zero attached hydrogens (tertiary/aromatic N) is 1. The van der Waals surface area contributed by atoms with E-state index in [1.807, 2.05) is 6.07 Å². The van der Waals surface area contributed by atoms with Crippen LogP contribution in [0.25, 0.3) is 0 Å². The van der Waals surface area contributed by atoms with Crippen molar-refractivity contribution in [1.29, 1.82) is 5.26 Å². The zero-order valence-corrected chi connectivity index (χ0v) is 7.50. The summed E-state index contributed by atoms with van der Waals surface area (Å²) in [7, 11) is 0. The fourth-order valence-corrected chi connectivity index (χ4v) is 0.481. The molecule has 70 valence electrons. The lowest BCUT2D eigenvalue weighted by atomic mass is 10.5. The van der Waals surface area contributed by atoms with Crippen LogP contribution in [-0.4, -0.2) is 25.8 Å². The second-order valence-corrected chi connectivity index (χ2v) is 2.09. The van der Waals surface area contributed by atoms with Gasteiger partial charge in [-0.3, -0.25) is 4.79 Å². The molecule has 0 heterocycles. The smallest absolute Gasteiger partial charge is 0.303 e. The summed E-state index contributed by atoms with van der Waals surface area (Å²) in [5.41, 5.74) is 0. The average molecular weight is 181 g/mol. The Hall–Kier alpha value is -1.52. The highest BCUT2D eigenvalue weighted by Crippen LogP contribution is 1.78. The summed E-state index contributed by atoms with van der Waals surface area (Å²) in [6, 6.07) is 1.94. The first-order chi connectivity index (χ1) is 6.27. The van der Waals surface area contributed by atoms with E-state index in [4.69, 9.17) is 10.00 Å². The van der Waals surface area contributed by atoms with Crippen LogP contribution in [0.5, 0.6) is 0 Å². The van der Waals surface area contributed by atoms with Gasteiger partial charge in [0.05, 0.1) is 19.1 Å². The van der Waals surface area contributed by atoms with Gasteiger partial charge in [-0.15, -0.1) is 0 Å². The molecule has 0 aromatic heterocycles. The van der Waals surface area contributed by atoms with Gasteiger partial charge in [0, 0.05) is 6.92 Å². The SMILES string of the molecule is CC(=O)OCC#CCOCCC#N. The van der Waals surface area contributed by atoms with E-state index in [-0.39, 0.29) is 19.2 Å². The predicted molar refractivity (Wildman–Crippen MR) is 45.5 cm³/mol. The van der Waals surface area contributed by atoms with Crippen LogP contribution >= 0.6 is 0 Å². The summed E-state index contributed by atoms with van der Waals surface area (Å²) in [4.78, 5) is 10.3. The molecule has 0 aliphatic carbocycles. The highest BCUT2D eigenvalue weighted by Gasteiger charge is 1.86. The van der Waals surface area contributed by atoms with E-state index >= 15 is 0 Å². The molecule has 0 aromatic carbocycles. The molecule has 0 amide bonds. The van der Waals surface area contributed by atoms with Crippen molar-refractivity contribution in [2.45, 2.75) is 13.3 Å². The Labute approximate surface area is 77.4 Å². The summed E-state index contributed by atoms with van der Waals surface area (Å²) >= 11 is 0. The van der Waals surface area contributed by atoms with Crippen LogP contribution in [0.2, 0.25) is 0 Å². The Balaban J connectivity index is 3.21. The molecule has 0 saturated heterocycles. The Kier molecular flexibility index (Phi) is 7.57. The van der Waals surface area contributed by atoms with E-state index in [9.17, 15) is 4.79 Å². The lowest BCUT2D eigenvalue weighted by Crippen LogP contribution is -1.98. The van der Waals surface area contributed by atoms with Crippen LogP contribution < -0.4 is 0 Å². The van der Waals surface area contributed by atoms with Crippen LogP contribution in [0.1, 0.15) is 13.3 Å². The quantitative estimate of drug-likeness (QED) is 0.359. The number of nitriles is 1. The number of esters is 1. The lowest BCUT2D eigenvalue weighted by molar-refractivity contribution is -0.139. The molecule has 0 fully saturated rings.